The maximum atomic E-state index is 13.8. The fourth-order valence-corrected chi connectivity index (χ4v) is 6.92. The third-order valence-electron chi connectivity index (χ3n) is 6.93. The molecule has 2 aromatic heterocycles. The van der Waals surface area contributed by atoms with E-state index >= 15 is 0 Å². The lowest BCUT2D eigenvalue weighted by Gasteiger charge is -2.53. The first-order chi connectivity index (χ1) is 16.1. The van der Waals surface area contributed by atoms with Crippen LogP contribution in [0.2, 0.25) is 0 Å². The van der Waals surface area contributed by atoms with Gasteiger partial charge in [-0.25, -0.2) is 4.79 Å². The standard InChI is InChI=1S/C26H29NO4S2.BrH/c28-24(26(29,22-9-4-17-32-22)23-10-5-18-33-23)31-25(19-27-14-11-20(25)12-15-27)13-6-16-30-21-7-2-1-3-8-21;/h1-5,7-10,17-18,20,29H,6,11-16,19H2;1H/t25-;/m0./s1. The van der Waals surface area contributed by atoms with Gasteiger partial charge in [0.2, 0.25) is 5.60 Å². The van der Waals surface area contributed by atoms with Gasteiger partial charge in [-0.3, -0.25) is 4.90 Å². The van der Waals surface area contributed by atoms with Crippen molar-refractivity contribution >= 4 is 45.6 Å². The summed E-state index contributed by atoms with van der Waals surface area (Å²) in [6.45, 7) is 3.38. The summed E-state index contributed by atoms with van der Waals surface area (Å²) in [6, 6.07) is 17.1. The van der Waals surface area contributed by atoms with Crippen molar-refractivity contribution in [1.29, 1.82) is 0 Å². The molecule has 1 aromatic carbocycles. The lowest BCUT2D eigenvalue weighted by molar-refractivity contribution is -0.201. The number of thiophene rings is 2. The van der Waals surface area contributed by atoms with Crippen LogP contribution in [0.5, 0.6) is 5.75 Å². The van der Waals surface area contributed by atoms with Crippen LogP contribution in [-0.4, -0.2) is 47.8 Å². The van der Waals surface area contributed by atoms with Crippen LogP contribution in [0, 0.1) is 5.92 Å². The number of para-hydroxylation sites is 1. The van der Waals surface area contributed by atoms with Gasteiger partial charge < -0.3 is 14.6 Å². The van der Waals surface area contributed by atoms with Crippen LogP contribution in [0.3, 0.4) is 0 Å². The molecule has 0 unspecified atom stereocenters. The summed E-state index contributed by atoms with van der Waals surface area (Å²) in [6.07, 6.45) is 3.53. The molecule has 1 atom stereocenters. The first kappa shape index (κ1) is 25.4. The molecule has 0 amide bonds. The van der Waals surface area contributed by atoms with Gasteiger partial charge in [-0.05, 0) is 73.8 Å². The zero-order chi connectivity index (χ0) is 22.7. The molecule has 8 heteroatoms. The number of esters is 1. The maximum absolute atomic E-state index is 13.8. The second-order valence-corrected chi connectivity index (χ2v) is 10.8. The molecule has 34 heavy (non-hydrogen) atoms. The molecule has 1 N–H and O–H groups in total. The minimum atomic E-state index is -1.78. The monoisotopic (exact) mass is 563 g/mol. The van der Waals surface area contributed by atoms with E-state index in [0.29, 0.717) is 22.3 Å². The van der Waals surface area contributed by atoms with Gasteiger partial charge in [-0.15, -0.1) is 39.7 Å². The number of rotatable bonds is 9. The zero-order valence-electron chi connectivity index (χ0n) is 18.9. The van der Waals surface area contributed by atoms with E-state index in [9.17, 15) is 9.90 Å². The highest BCUT2D eigenvalue weighted by Crippen LogP contribution is 2.44. The second kappa shape index (κ2) is 10.9. The van der Waals surface area contributed by atoms with Crippen molar-refractivity contribution < 1.29 is 19.4 Å². The maximum Gasteiger partial charge on any atom is 0.350 e. The van der Waals surface area contributed by atoms with Gasteiger partial charge in [-0.1, -0.05) is 30.3 Å². The molecule has 3 aliphatic rings. The Kier molecular flexibility index (Phi) is 8.15. The van der Waals surface area contributed by atoms with Crippen molar-refractivity contribution in [2.45, 2.75) is 36.9 Å². The molecule has 3 saturated heterocycles. The number of aliphatic hydroxyl groups is 1. The van der Waals surface area contributed by atoms with Crippen molar-refractivity contribution in [3.63, 3.8) is 0 Å². The Morgan fingerprint density at radius 2 is 1.68 bits per heavy atom. The molecular formula is C26H30BrNO4S2. The van der Waals surface area contributed by atoms with Crippen LogP contribution in [-0.2, 0) is 15.1 Å². The van der Waals surface area contributed by atoms with E-state index in [1.807, 2.05) is 65.4 Å². The van der Waals surface area contributed by atoms with E-state index in [1.54, 1.807) is 0 Å². The number of carbonyl (C=O) groups excluding carboxylic acids is 1. The lowest BCUT2D eigenvalue weighted by atomic mass is 9.72. The van der Waals surface area contributed by atoms with E-state index in [1.165, 1.54) is 22.7 Å². The molecular weight excluding hydrogens is 534 g/mol. The second-order valence-electron chi connectivity index (χ2n) is 8.93. The molecule has 3 aromatic rings. The highest BCUT2D eigenvalue weighted by molar-refractivity contribution is 8.93. The summed E-state index contributed by atoms with van der Waals surface area (Å²) < 4.78 is 12.3. The van der Waals surface area contributed by atoms with Crippen LogP contribution < -0.4 is 4.74 Å². The molecule has 3 fully saturated rings. The van der Waals surface area contributed by atoms with Crippen LogP contribution in [0.4, 0.5) is 0 Å². The zero-order valence-corrected chi connectivity index (χ0v) is 22.3. The van der Waals surface area contributed by atoms with Crippen LogP contribution in [0.25, 0.3) is 0 Å². The predicted octanol–water partition coefficient (Wildman–Crippen LogP) is 5.49. The van der Waals surface area contributed by atoms with Crippen molar-refractivity contribution in [3.05, 3.63) is 75.1 Å². The minimum absolute atomic E-state index is 0. The molecule has 2 bridgehead atoms. The summed E-state index contributed by atoms with van der Waals surface area (Å²) in [5.41, 5.74) is -2.38. The number of carbonyl (C=O) groups is 1. The Balaban J connectivity index is 0.00000274. The smallest absolute Gasteiger partial charge is 0.350 e. The molecule has 5 heterocycles. The summed E-state index contributed by atoms with van der Waals surface area (Å²) in [7, 11) is 0. The molecule has 0 spiro atoms. The molecule has 3 aliphatic heterocycles. The van der Waals surface area contributed by atoms with Crippen molar-refractivity contribution in [3.8, 4) is 5.75 Å². The quantitative estimate of drug-likeness (QED) is 0.275. The van der Waals surface area contributed by atoms with E-state index in [2.05, 4.69) is 4.90 Å². The van der Waals surface area contributed by atoms with Gasteiger partial charge in [-0.2, -0.15) is 0 Å². The number of nitrogens with zero attached hydrogens (tertiary/aromatic N) is 1. The van der Waals surface area contributed by atoms with Crippen LogP contribution in [0.1, 0.15) is 35.4 Å². The topological polar surface area (TPSA) is 59.0 Å². The van der Waals surface area contributed by atoms with Gasteiger partial charge in [0.15, 0.2) is 0 Å². The number of piperidine rings is 3. The first-order valence-corrected chi connectivity index (χ1v) is 13.3. The first-order valence-electron chi connectivity index (χ1n) is 11.5. The summed E-state index contributed by atoms with van der Waals surface area (Å²) in [4.78, 5) is 17.3. The minimum Gasteiger partial charge on any atom is -0.494 e. The Bertz CT molecular complexity index is 1000. The van der Waals surface area contributed by atoms with Gasteiger partial charge in [0.25, 0.3) is 0 Å². The third kappa shape index (κ3) is 4.97. The van der Waals surface area contributed by atoms with Crippen molar-refractivity contribution in [2.75, 3.05) is 26.2 Å². The Morgan fingerprint density at radius 3 is 2.21 bits per heavy atom. The highest BCUT2D eigenvalue weighted by Gasteiger charge is 2.53. The Labute approximate surface area is 219 Å². The SMILES string of the molecule is Br.O=C(O[C@@]1(CCCOc2ccccc2)CN2CCC1CC2)C(O)(c1cccs1)c1cccs1. The fraction of sp³-hybridized carbons (Fsp3) is 0.423. The Morgan fingerprint density at radius 1 is 1.03 bits per heavy atom. The summed E-state index contributed by atoms with van der Waals surface area (Å²) >= 11 is 2.75. The number of hydrogen-bond donors (Lipinski definition) is 1. The number of halogens is 1. The molecule has 0 radical (unpaired) electrons. The molecule has 182 valence electrons. The summed E-state index contributed by atoms with van der Waals surface area (Å²) in [5.74, 6) is 0.589. The van der Waals surface area contributed by atoms with E-state index in [0.717, 1.165) is 51.1 Å². The number of benzene rings is 1. The fourth-order valence-electron chi connectivity index (χ4n) is 5.20. The highest BCUT2D eigenvalue weighted by atomic mass is 79.9. The normalized spacial score (nSPS) is 23.8. The number of hydrogen-bond acceptors (Lipinski definition) is 7. The molecule has 0 aliphatic carbocycles. The number of ether oxygens (including phenoxy) is 2. The Hall–Kier alpha value is -1.71. The van der Waals surface area contributed by atoms with Gasteiger partial charge in [0.1, 0.15) is 11.4 Å². The average Bonchev–Trinajstić information content (AvgIpc) is 3.58. The van der Waals surface area contributed by atoms with Gasteiger partial charge in [0.05, 0.1) is 16.4 Å². The van der Waals surface area contributed by atoms with E-state index in [4.69, 9.17) is 9.47 Å². The third-order valence-corrected chi connectivity index (χ3v) is 8.88. The van der Waals surface area contributed by atoms with Crippen molar-refractivity contribution in [2.24, 2.45) is 5.92 Å². The summed E-state index contributed by atoms with van der Waals surface area (Å²) in [5, 5.41) is 15.5. The average molecular weight is 565 g/mol. The molecule has 6 rings (SSSR count). The van der Waals surface area contributed by atoms with Crippen molar-refractivity contribution in [1.82, 2.24) is 4.90 Å². The van der Waals surface area contributed by atoms with E-state index < -0.39 is 17.2 Å². The van der Waals surface area contributed by atoms with E-state index in [-0.39, 0.29) is 17.0 Å². The van der Waals surface area contributed by atoms with Crippen LogP contribution in [0.15, 0.2) is 65.4 Å². The van der Waals surface area contributed by atoms with Crippen LogP contribution >= 0.6 is 39.7 Å². The predicted molar refractivity (Wildman–Crippen MR) is 141 cm³/mol. The largest absolute Gasteiger partial charge is 0.494 e. The number of fused-ring (bicyclic) bond motifs is 3. The molecule has 0 saturated carbocycles. The van der Waals surface area contributed by atoms with Gasteiger partial charge in [0, 0.05) is 12.5 Å². The van der Waals surface area contributed by atoms with Gasteiger partial charge >= 0.3 is 5.97 Å². The lowest BCUT2D eigenvalue weighted by Crippen LogP contribution is -2.62. The molecule has 5 nitrogen and oxygen atoms in total.